The van der Waals surface area contributed by atoms with Gasteiger partial charge in [-0.2, -0.15) is 0 Å². The highest BCUT2D eigenvalue weighted by molar-refractivity contribution is 9.10. The number of aryl methyl sites for hydroxylation is 2. The number of rotatable bonds is 7. The predicted octanol–water partition coefficient (Wildman–Crippen LogP) is 5.66. The van der Waals surface area contributed by atoms with Crippen molar-refractivity contribution in [3.05, 3.63) is 55.7 Å². The molecule has 0 fully saturated rings. The van der Waals surface area contributed by atoms with Crippen LogP contribution < -0.4 is 5.32 Å². The molecule has 0 amide bonds. The molecular weight excluding hydrogens is 342 g/mol. The summed E-state index contributed by atoms with van der Waals surface area (Å²) in [5.41, 5.74) is 2.66. The molecule has 3 heteroatoms. The zero-order valence-corrected chi connectivity index (χ0v) is 15.5. The predicted molar refractivity (Wildman–Crippen MR) is 97.3 cm³/mol. The number of hydrogen-bond donors (Lipinski definition) is 1. The normalized spacial score (nSPS) is 12.6. The third kappa shape index (κ3) is 4.67. The Hall–Kier alpha value is -0.640. The molecule has 0 radical (unpaired) electrons. The van der Waals surface area contributed by atoms with Gasteiger partial charge in [-0.1, -0.05) is 41.9 Å². The summed E-state index contributed by atoms with van der Waals surface area (Å²) in [6, 6.07) is 11.6. The first-order valence-corrected chi connectivity index (χ1v) is 9.32. The Morgan fingerprint density at radius 3 is 2.52 bits per heavy atom. The van der Waals surface area contributed by atoms with E-state index in [-0.39, 0.29) is 0 Å². The lowest BCUT2D eigenvalue weighted by Crippen LogP contribution is -2.24. The average molecular weight is 366 g/mol. The van der Waals surface area contributed by atoms with E-state index >= 15 is 0 Å². The van der Waals surface area contributed by atoms with Gasteiger partial charge < -0.3 is 5.32 Å². The van der Waals surface area contributed by atoms with Gasteiger partial charge in [0.15, 0.2) is 0 Å². The lowest BCUT2D eigenvalue weighted by atomic mass is 10.0. The Morgan fingerprint density at radius 1 is 1.14 bits per heavy atom. The molecule has 114 valence electrons. The van der Waals surface area contributed by atoms with Crippen LogP contribution in [0, 0.1) is 6.92 Å². The standard InChI is InChI=1S/C18H24BrNS/c1-4-10-20-18(12-15-8-7-14(5-2)21-15)16-9-6-13(3)11-17(16)19/h6-9,11,18,20H,4-5,10,12H2,1-3H3. The quantitative estimate of drug-likeness (QED) is 0.666. The van der Waals surface area contributed by atoms with Crippen LogP contribution in [0.2, 0.25) is 0 Å². The Bertz CT molecular complexity index is 576. The molecule has 1 aromatic carbocycles. The lowest BCUT2D eigenvalue weighted by Gasteiger charge is -2.20. The van der Waals surface area contributed by atoms with Crippen molar-refractivity contribution in [3.63, 3.8) is 0 Å². The zero-order valence-electron chi connectivity index (χ0n) is 13.1. The molecule has 1 atom stereocenters. The Kier molecular flexibility index (Phi) is 6.46. The van der Waals surface area contributed by atoms with Crippen LogP contribution in [0.15, 0.2) is 34.8 Å². The molecule has 0 aliphatic rings. The van der Waals surface area contributed by atoms with Crippen molar-refractivity contribution in [2.45, 2.75) is 46.1 Å². The first-order valence-electron chi connectivity index (χ1n) is 7.71. The lowest BCUT2D eigenvalue weighted by molar-refractivity contribution is 0.530. The van der Waals surface area contributed by atoms with Gasteiger partial charge in [-0.05, 0) is 55.6 Å². The topological polar surface area (TPSA) is 12.0 Å². The number of hydrogen-bond acceptors (Lipinski definition) is 2. The summed E-state index contributed by atoms with van der Waals surface area (Å²) in [6.07, 6.45) is 3.35. The summed E-state index contributed by atoms with van der Waals surface area (Å²) in [5, 5.41) is 3.70. The van der Waals surface area contributed by atoms with Crippen molar-refractivity contribution in [1.29, 1.82) is 0 Å². The van der Waals surface area contributed by atoms with Gasteiger partial charge in [0.05, 0.1) is 0 Å². The van der Waals surface area contributed by atoms with Gasteiger partial charge in [0.1, 0.15) is 0 Å². The average Bonchev–Trinajstić information content (AvgIpc) is 2.91. The molecule has 1 N–H and O–H groups in total. The summed E-state index contributed by atoms with van der Waals surface area (Å²) >= 11 is 5.68. The summed E-state index contributed by atoms with van der Waals surface area (Å²) in [6.45, 7) is 7.63. The van der Waals surface area contributed by atoms with Crippen LogP contribution in [0.5, 0.6) is 0 Å². The van der Waals surface area contributed by atoms with E-state index in [4.69, 9.17) is 0 Å². The highest BCUT2D eigenvalue weighted by Crippen LogP contribution is 2.29. The molecule has 0 saturated heterocycles. The summed E-state index contributed by atoms with van der Waals surface area (Å²) in [4.78, 5) is 2.94. The molecule has 0 saturated carbocycles. The molecule has 0 aliphatic carbocycles. The largest absolute Gasteiger partial charge is 0.310 e. The third-order valence-corrected chi connectivity index (χ3v) is 5.58. The molecule has 0 bridgehead atoms. The van der Waals surface area contributed by atoms with Crippen molar-refractivity contribution in [1.82, 2.24) is 5.32 Å². The van der Waals surface area contributed by atoms with Gasteiger partial charge in [0, 0.05) is 26.7 Å². The minimum absolute atomic E-state index is 0.378. The molecular formula is C18H24BrNS. The van der Waals surface area contributed by atoms with Crippen molar-refractivity contribution >= 4 is 27.3 Å². The third-order valence-electron chi connectivity index (χ3n) is 3.64. The van der Waals surface area contributed by atoms with Gasteiger partial charge in [-0.25, -0.2) is 0 Å². The van der Waals surface area contributed by atoms with Crippen LogP contribution in [0.4, 0.5) is 0 Å². The summed E-state index contributed by atoms with van der Waals surface area (Å²) in [5.74, 6) is 0. The number of nitrogens with one attached hydrogen (secondary N) is 1. The van der Waals surface area contributed by atoms with E-state index in [0.717, 1.165) is 25.8 Å². The SMILES string of the molecule is CCCNC(Cc1ccc(CC)s1)c1ccc(C)cc1Br. The monoisotopic (exact) mass is 365 g/mol. The molecule has 1 unspecified atom stereocenters. The maximum atomic E-state index is 3.74. The van der Waals surface area contributed by atoms with Gasteiger partial charge in [-0.15, -0.1) is 11.3 Å². The minimum atomic E-state index is 0.378. The van der Waals surface area contributed by atoms with E-state index in [1.165, 1.54) is 25.4 Å². The van der Waals surface area contributed by atoms with E-state index in [2.05, 4.69) is 72.3 Å². The van der Waals surface area contributed by atoms with E-state index in [9.17, 15) is 0 Å². The second kappa shape index (κ2) is 8.11. The molecule has 2 aromatic rings. The van der Waals surface area contributed by atoms with Gasteiger partial charge >= 0.3 is 0 Å². The number of halogens is 1. The van der Waals surface area contributed by atoms with Crippen molar-refractivity contribution in [3.8, 4) is 0 Å². The smallest absolute Gasteiger partial charge is 0.0380 e. The Morgan fingerprint density at radius 2 is 1.90 bits per heavy atom. The molecule has 1 heterocycles. The number of thiophene rings is 1. The maximum Gasteiger partial charge on any atom is 0.0380 e. The van der Waals surface area contributed by atoms with Crippen LogP contribution >= 0.6 is 27.3 Å². The molecule has 0 aliphatic heterocycles. The van der Waals surface area contributed by atoms with Gasteiger partial charge in [-0.3, -0.25) is 0 Å². The van der Waals surface area contributed by atoms with Crippen LogP contribution in [0.3, 0.4) is 0 Å². The first-order chi connectivity index (χ1) is 10.1. The second-order valence-corrected chi connectivity index (χ2v) is 7.56. The van der Waals surface area contributed by atoms with E-state index in [1.807, 2.05) is 11.3 Å². The second-order valence-electron chi connectivity index (χ2n) is 5.46. The van der Waals surface area contributed by atoms with Crippen LogP contribution in [0.1, 0.15) is 47.2 Å². The Balaban J connectivity index is 2.20. The van der Waals surface area contributed by atoms with E-state index < -0.39 is 0 Å². The molecule has 2 rings (SSSR count). The molecule has 0 spiro atoms. The van der Waals surface area contributed by atoms with Crippen molar-refractivity contribution < 1.29 is 0 Å². The molecule has 1 aromatic heterocycles. The summed E-state index contributed by atoms with van der Waals surface area (Å²) < 4.78 is 1.21. The van der Waals surface area contributed by atoms with Gasteiger partial charge in [0.25, 0.3) is 0 Å². The zero-order chi connectivity index (χ0) is 15.2. The van der Waals surface area contributed by atoms with Crippen molar-refractivity contribution in [2.75, 3.05) is 6.54 Å². The number of benzene rings is 1. The fraction of sp³-hybridized carbons (Fsp3) is 0.444. The molecule has 21 heavy (non-hydrogen) atoms. The highest BCUT2D eigenvalue weighted by atomic mass is 79.9. The van der Waals surface area contributed by atoms with Crippen LogP contribution in [-0.2, 0) is 12.8 Å². The van der Waals surface area contributed by atoms with E-state index in [0.29, 0.717) is 6.04 Å². The first kappa shape index (κ1) is 16.7. The van der Waals surface area contributed by atoms with E-state index in [1.54, 1.807) is 0 Å². The summed E-state index contributed by atoms with van der Waals surface area (Å²) in [7, 11) is 0. The molecule has 1 nitrogen and oxygen atoms in total. The fourth-order valence-electron chi connectivity index (χ4n) is 2.45. The van der Waals surface area contributed by atoms with Crippen molar-refractivity contribution in [2.24, 2.45) is 0 Å². The highest BCUT2D eigenvalue weighted by Gasteiger charge is 2.15. The minimum Gasteiger partial charge on any atom is -0.310 e. The van der Waals surface area contributed by atoms with Crippen LogP contribution in [-0.4, -0.2) is 6.54 Å². The van der Waals surface area contributed by atoms with Crippen LogP contribution in [0.25, 0.3) is 0 Å². The Labute approximate surface area is 140 Å². The van der Waals surface area contributed by atoms with Gasteiger partial charge in [0.2, 0.25) is 0 Å². The fourth-order valence-corrected chi connectivity index (χ4v) is 4.22. The maximum absolute atomic E-state index is 3.74.